The zero-order chi connectivity index (χ0) is 24.3. The van der Waals surface area contributed by atoms with Gasteiger partial charge in [0, 0.05) is 30.8 Å². The molecule has 0 aromatic heterocycles. The summed E-state index contributed by atoms with van der Waals surface area (Å²) in [4.78, 5) is 28.3. The van der Waals surface area contributed by atoms with Crippen LogP contribution in [0.4, 0.5) is 0 Å². The number of methoxy groups -OCH3 is 2. The molecule has 0 spiro atoms. The van der Waals surface area contributed by atoms with E-state index < -0.39 is 6.04 Å². The smallest absolute Gasteiger partial charge is 0.261 e. The molecule has 1 atom stereocenters. The van der Waals surface area contributed by atoms with Gasteiger partial charge in [0.25, 0.3) is 5.91 Å². The summed E-state index contributed by atoms with van der Waals surface area (Å²) in [5.41, 5.74) is 0.961. The number of ether oxygens (including phenoxy) is 3. The highest BCUT2D eigenvalue weighted by Gasteiger charge is 2.30. The zero-order valence-electron chi connectivity index (χ0n) is 20.4. The summed E-state index contributed by atoms with van der Waals surface area (Å²) in [6.45, 7) is 2.07. The number of hydrogen-bond acceptors (Lipinski definition) is 5. The quantitative estimate of drug-likeness (QED) is 0.531. The summed E-state index contributed by atoms with van der Waals surface area (Å²) < 4.78 is 16.4. The van der Waals surface area contributed by atoms with Crippen LogP contribution in [0.25, 0.3) is 0 Å². The van der Waals surface area contributed by atoms with Crippen LogP contribution in [0.5, 0.6) is 17.2 Å². The Balaban J connectivity index is 1.75. The molecular formula is C27H36N2O5. The fourth-order valence-electron chi connectivity index (χ4n) is 4.34. The van der Waals surface area contributed by atoms with Crippen LogP contribution in [-0.2, 0) is 16.1 Å². The van der Waals surface area contributed by atoms with Gasteiger partial charge in [0.15, 0.2) is 6.61 Å². The highest BCUT2D eigenvalue weighted by molar-refractivity contribution is 5.88. The average molecular weight is 469 g/mol. The van der Waals surface area contributed by atoms with Gasteiger partial charge in [-0.25, -0.2) is 0 Å². The van der Waals surface area contributed by atoms with Gasteiger partial charge in [-0.1, -0.05) is 56.5 Å². The van der Waals surface area contributed by atoms with E-state index in [4.69, 9.17) is 14.2 Å². The zero-order valence-corrected chi connectivity index (χ0v) is 20.4. The summed E-state index contributed by atoms with van der Waals surface area (Å²) in [7, 11) is 3.12. The van der Waals surface area contributed by atoms with Crippen molar-refractivity contribution in [3.63, 3.8) is 0 Å². The van der Waals surface area contributed by atoms with E-state index in [0.29, 0.717) is 30.2 Å². The standard InChI is InChI=1S/C27H36N2O5/c1-4-25(27(31)28-21-13-9-6-10-14-21)29(18-20-11-7-5-8-12-20)26(30)19-34-24-16-22(32-2)15-23(17-24)33-3/h5,7-8,11-12,15-17,21,25H,4,6,9-10,13-14,18-19H2,1-3H3,(H,28,31)/t25-/m1/s1. The molecule has 0 saturated heterocycles. The number of nitrogens with zero attached hydrogens (tertiary/aromatic N) is 1. The molecule has 3 rings (SSSR count). The molecule has 0 aliphatic heterocycles. The first-order valence-corrected chi connectivity index (χ1v) is 12.0. The molecule has 0 unspecified atom stereocenters. The first kappa shape index (κ1) is 25.4. The first-order chi connectivity index (χ1) is 16.5. The van der Waals surface area contributed by atoms with Crippen LogP contribution in [0.1, 0.15) is 51.0 Å². The lowest BCUT2D eigenvalue weighted by atomic mass is 9.95. The van der Waals surface area contributed by atoms with E-state index in [2.05, 4.69) is 5.32 Å². The largest absolute Gasteiger partial charge is 0.496 e. The molecule has 1 aliphatic rings. The maximum absolute atomic E-state index is 13.4. The summed E-state index contributed by atoms with van der Waals surface area (Å²) in [6.07, 6.45) is 5.99. The molecule has 1 fully saturated rings. The number of nitrogens with one attached hydrogen (secondary N) is 1. The Hall–Kier alpha value is -3.22. The van der Waals surface area contributed by atoms with Crippen molar-refractivity contribution in [1.29, 1.82) is 0 Å². The summed E-state index contributed by atoms with van der Waals surface area (Å²) >= 11 is 0. The predicted molar refractivity (Wildman–Crippen MR) is 131 cm³/mol. The van der Waals surface area contributed by atoms with Crippen molar-refractivity contribution in [3.8, 4) is 17.2 Å². The van der Waals surface area contributed by atoms with Gasteiger partial charge >= 0.3 is 0 Å². The van der Waals surface area contributed by atoms with E-state index in [9.17, 15) is 9.59 Å². The van der Waals surface area contributed by atoms with Gasteiger partial charge in [0.05, 0.1) is 14.2 Å². The van der Waals surface area contributed by atoms with Crippen LogP contribution in [-0.4, -0.2) is 49.6 Å². The molecule has 0 bridgehead atoms. The Morgan fingerprint density at radius 1 is 0.971 bits per heavy atom. The highest BCUT2D eigenvalue weighted by Crippen LogP contribution is 2.27. The van der Waals surface area contributed by atoms with E-state index in [1.54, 1.807) is 37.3 Å². The Bertz CT molecular complexity index is 906. The van der Waals surface area contributed by atoms with Crippen LogP contribution in [0.2, 0.25) is 0 Å². The second kappa shape index (κ2) is 12.9. The number of rotatable bonds is 11. The van der Waals surface area contributed by atoms with Crippen LogP contribution >= 0.6 is 0 Å². The highest BCUT2D eigenvalue weighted by atomic mass is 16.5. The van der Waals surface area contributed by atoms with Gasteiger partial charge in [0.1, 0.15) is 23.3 Å². The molecular weight excluding hydrogens is 432 g/mol. The molecule has 2 aromatic carbocycles. The van der Waals surface area contributed by atoms with E-state index in [1.165, 1.54) is 6.42 Å². The number of amides is 2. The van der Waals surface area contributed by atoms with E-state index in [-0.39, 0.29) is 24.5 Å². The van der Waals surface area contributed by atoms with Crippen molar-refractivity contribution in [3.05, 3.63) is 54.1 Å². The van der Waals surface area contributed by atoms with E-state index >= 15 is 0 Å². The molecule has 0 radical (unpaired) electrons. The van der Waals surface area contributed by atoms with E-state index in [1.807, 2.05) is 37.3 Å². The molecule has 1 N–H and O–H groups in total. The second-order valence-corrected chi connectivity index (χ2v) is 8.61. The lowest BCUT2D eigenvalue weighted by molar-refractivity contribution is -0.143. The molecule has 7 nitrogen and oxygen atoms in total. The van der Waals surface area contributed by atoms with Gasteiger partial charge in [-0.15, -0.1) is 0 Å². The normalized spacial score (nSPS) is 14.7. The maximum Gasteiger partial charge on any atom is 0.261 e. The second-order valence-electron chi connectivity index (χ2n) is 8.61. The minimum absolute atomic E-state index is 0.0956. The van der Waals surface area contributed by atoms with Gasteiger partial charge in [-0.2, -0.15) is 0 Å². The van der Waals surface area contributed by atoms with Gasteiger partial charge < -0.3 is 24.4 Å². The van der Waals surface area contributed by atoms with Gasteiger partial charge in [0.2, 0.25) is 5.91 Å². The molecule has 2 aromatic rings. The van der Waals surface area contributed by atoms with Crippen LogP contribution in [0.15, 0.2) is 48.5 Å². The summed E-state index contributed by atoms with van der Waals surface area (Å²) in [5.74, 6) is 1.25. The molecule has 1 saturated carbocycles. The van der Waals surface area contributed by atoms with Crippen molar-refractivity contribution in [2.75, 3.05) is 20.8 Å². The SMILES string of the molecule is CC[C@H](C(=O)NC1CCCCC1)N(Cc1ccccc1)C(=O)COc1cc(OC)cc(OC)c1. The summed E-state index contributed by atoms with van der Waals surface area (Å²) in [5, 5.41) is 3.19. The van der Waals surface area contributed by atoms with Crippen molar-refractivity contribution < 1.29 is 23.8 Å². The van der Waals surface area contributed by atoms with E-state index in [0.717, 1.165) is 31.2 Å². The van der Waals surface area contributed by atoms with Crippen molar-refractivity contribution in [2.24, 2.45) is 0 Å². The van der Waals surface area contributed by atoms with Gasteiger partial charge in [-0.3, -0.25) is 9.59 Å². The Morgan fingerprint density at radius 3 is 2.18 bits per heavy atom. The number of carbonyl (C=O) groups excluding carboxylic acids is 2. The average Bonchev–Trinajstić information content (AvgIpc) is 2.88. The predicted octanol–water partition coefficient (Wildman–Crippen LogP) is 4.34. The minimum atomic E-state index is -0.571. The topological polar surface area (TPSA) is 77.1 Å². The Labute approximate surface area is 202 Å². The van der Waals surface area contributed by atoms with Crippen molar-refractivity contribution >= 4 is 11.8 Å². The lowest BCUT2D eigenvalue weighted by Gasteiger charge is -2.32. The molecule has 2 amide bonds. The van der Waals surface area contributed by atoms with Crippen LogP contribution in [0.3, 0.4) is 0 Å². The van der Waals surface area contributed by atoms with Gasteiger partial charge in [-0.05, 0) is 24.8 Å². The summed E-state index contributed by atoms with van der Waals surface area (Å²) in [6, 6.07) is 14.5. The molecule has 34 heavy (non-hydrogen) atoms. The monoisotopic (exact) mass is 468 g/mol. The maximum atomic E-state index is 13.4. The fourth-order valence-corrected chi connectivity index (χ4v) is 4.34. The number of hydrogen-bond donors (Lipinski definition) is 1. The molecule has 184 valence electrons. The Kier molecular flexibility index (Phi) is 9.62. The third-order valence-electron chi connectivity index (χ3n) is 6.22. The minimum Gasteiger partial charge on any atom is -0.496 e. The molecule has 1 aliphatic carbocycles. The number of carbonyl (C=O) groups is 2. The third kappa shape index (κ3) is 7.14. The van der Waals surface area contributed by atoms with Crippen LogP contribution in [0, 0.1) is 0 Å². The molecule has 7 heteroatoms. The van der Waals surface area contributed by atoms with Crippen molar-refractivity contribution in [1.82, 2.24) is 10.2 Å². The number of benzene rings is 2. The lowest BCUT2D eigenvalue weighted by Crippen LogP contribution is -2.52. The Morgan fingerprint density at radius 2 is 1.59 bits per heavy atom. The fraction of sp³-hybridized carbons (Fsp3) is 0.481. The van der Waals surface area contributed by atoms with Crippen molar-refractivity contribution in [2.45, 2.75) is 64.1 Å². The van der Waals surface area contributed by atoms with Crippen LogP contribution < -0.4 is 19.5 Å². The molecule has 0 heterocycles. The first-order valence-electron chi connectivity index (χ1n) is 12.0. The third-order valence-corrected chi connectivity index (χ3v) is 6.22.